The quantitative estimate of drug-likeness (QED) is 0.147. The first-order chi connectivity index (χ1) is 38.8. The van der Waals surface area contributed by atoms with Gasteiger partial charge < -0.3 is 0 Å². The Hall–Kier alpha value is -6.38. The van der Waals surface area contributed by atoms with Gasteiger partial charge in [-0.3, -0.25) is 4.98 Å². The lowest BCUT2D eigenvalue weighted by molar-refractivity contribution is 0.523. The van der Waals surface area contributed by atoms with E-state index in [9.17, 15) is 4.39 Å². The van der Waals surface area contributed by atoms with Gasteiger partial charge in [-0.05, 0) is 133 Å². The summed E-state index contributed by atoms with van der Waals surface area (Å²) in [5.74, 6) is -0.111. The molecule has 0 fully saturated rings. The summed E-state index contributed by atoms with van der Waals surface area (Å²) >= 11 is 0. The minimum absolute atomic E-state index is 0.0919. The first kappa shape index (κ1) is 76.6. The van der Waals surface area contributed by atoms with Gasteiger partial charge in [-0.1, -0.05) is 365 Å². The van der Waals surface area contributed by atoms with Crippen molar-refractivity contribution in [1.82, 2.24) is 4.98 Å². The van der Waals surface area contributed by atoms with Crippen LogP contribution in [0.25, 0.3) is 0 Å². The molecule has 2 heteroatoms. The molecule has 0 radical (unpaired) electrons. The fourth-order valence-corrected chi connectivity index (χ4v) is 8.44. The van der Waals surface area contributed by atoms with E-state index in [1.807, 2.05) is 45.2 Å². The predicted molar refractivity (Wildman–Crippen MR) is 378 cm³/mol. The van der Waals surface area contributed by atoms with E-state index in [4.69, 9.17) is 0 Å². The van der Waals surface area contributed by atoms with Crippen LogP contribution in [0.5, 0.6) is 0 Å². The molecule has 0 saturated heterocycles. The molecule has 1 aromatic heterocycles. The van der Waals surface area contributed by atoms with Gasteiger partial charge in [0, 0.05) is 12.4 Å². The van der Waals surface area contributed by atoms with E-state index in [1.165, 1.54) is 67.3 Å². The highest BCUT2D eigenvalue weighted by atomic mass is 19.1. The second-order valence-corrected chi connectivity index (χ2v) is 30.9. The monoisotopic (exact) mass is 1150 g/mol. The molecular weight excluding hydrogens is 1030 g/mol. The number of hydrogen-bond acceptors (Lipinski definition) is 1. The van der Waals surface area contributed by atoms with Crippen LogP contribution in [0.15, 0.2) is 207 Å². The molecule has 0 aliphatic heterocycles. The van der Waals surface area contributed by atoms with Crippen LogP contribution in [0, 0.1) is 33.5 Å². The van der Waals surface area contributed by atoms with Crippen molar-refractivity contribution in [2.45, 2.75) is 237 Å². The largest absolute Gasteiger partial charge is 0.264 e. The molecule has 0 N–H and O–H groups in total. The molecule has 462 valence electrons. The molecular formula is C83H118FN. The van der Waals surface area contributed by atoms with Gasteiger partial charge in [0.15, 0.2) is 0 Å². The molecule has 0 aliphatic rings. The Kier molecular flexibility index (Phi) is 30.7. The maximum absolute atomic E-state index is 13.1. The summed E-state index contributed by atoms with van der Waals surface area (Å²) in [5, 5.41) is 0. The minimum Gasteiger partial charge on any atom is -0.264 e. The van der Waals surface area contributed by atoms with Crippen molar-refractivity contribution >= 4 is 0 Å². The molecule has 0 spiro atoms. The Bertz CT molecular complexity index is 2820. The van der Waals surface area contributed by atoms with E-state index in [0.717, 1.165) is 5.56 Å². The van der Waals surface area contributed by atoms with E-state index < -0.39 is 0 Å². The molecule has 85 heavy (non-hydrogen) atoms. The van der Waals surface area contributed by atoms with Crippen molar-refractivity contribution in [2.24, 2.45) is 0 Å². The predicted octanol–water partition coefficient (Wildman–Crippen LogP) is 24.6. The van der Waals surface area contributed by atoms with E-state index >= 15 is 0 Å². The van der Waals surface area contributed by atoms with Crippen LogP contribution >= 0.6 is 0 Å². The summed E-state index contributed by atoms with van der Waals surface area (Å²) in [6.07, 6.45) is 3.72. The third kappa shape index (κ3) is 32.1. The van der Waals surface area contributed by atoms with Gasteiger partial charge in [0.05, 0.1) is 0 Å². The molecule has 7 aromatic carbocycles. The fraction of sp³-hybridized carbons (Fsp3) is 0.434. The topological polar surface area (TPSA) is 12.9 Å². The smallest absolute Gasteiger partial charge is 0.126 e. The van der Waals surface area contributed by atoms with Crippen molar-refractivity contribution in [3.05, 3.63) is 279 Å². The lowest BCUT2D eigenvalue weighted by Crippen LogP contribution is -2.12. The molecule has 0 saturated carbocycles. The Labute approximate surface area is 522 Å². The van der Waals surface area contributed by atoms with Gasteiger partial charge in [0.1, 0.15) is 5.82 Å². The number of hydrogen-bond donors (Lipinski definition) is 0. The molecule has 0 unspecified atom stereocenters. The van der Waals surface area contributed by atoms with Gasteiger partial charge in [0.2, 0.25) is 0 Å². The Morgan fingerprint density at radius 3 is 0.800 bits per heavy atom. The summed E-state index contributed by atoms with van der Waals surface area (Å²) in [5.41, 5.74) is 17.8. The van der Waals surface area contributed by atoms with Gasteiger partial charge in [-0.2, -0.15) is 0 Å². The van der Waals surface area contributed by atoms with Gasteiger partial charge >= 0.3 is 0 Å². The van der Waals surface area contributed by atoms with Crippen molar-refractivity contribution in [2.75, 3.05) is 0 Å². The van der Waals surface area contributed by atoms with E-state index in [0.29, 0.717) is 10.8 Å². The Morgan fingerprint density at radius 1 is 0.247 bits per heavy atom. The molecule has 0 aliphatic carbocycles. The molecule has 0 atom stereocenters. The number of aromatic nitrogens is 1. The second kappa shape index (κ2) is 34.1. The van der Waals surface area contributed by atoms with Crippen molar-refractivity contribution in [1.29, 1.82) is 0 Å². The summed E-state index contributed by atoms with van der Waals surface area (Å²) in [6.45, 7) is 61.3. The first-order valence-electron chi connectivity index (χ1n) is 30.9. The Balaban J connectivity index is 0.000000486. The number of halogens is 1. The maximum Gasteiger partial charge on any atom is 0.126 e. The van der Waals surface area contributed by atoms with Crippen molar-refractivity contribution in [3.8, 4) is 0 Å². The lowest BCUT2D eigenvalue weighted by Gasteiger charge is -2.21. The third-order valence-corrected chi connectivity index (χ3v) is 14.1. The lowest BCUT2D eigenvalue weighted by atomic mass is 9.84. The number of benzene rings is 7. The normalized spacial score (nSPS) is 11.6. The highest BCUT2D eigenvalue weighted by Crippen LogP contribution is 2.28. The molecule has 1 heterocycles. The standard InChI is InChI=1S/4C11H16.C10H13F.2C10H14.C9H13N/c1-9-5-7-10(8-6-9)11(2,3)4;2*1-9-6-5-7-10(8-9)11(2,3)4;1-9-7-5-6-8-10(9)11(2,3)4;1-10(2,3)8-6-4-5-7-9(8)11;2*1-10(2,3)9-7-5-4-6-8-9;1-9(2,3)8-5-4-6-10-7-8/h4*5-8H,1-4H3;4-7H,1-3H3;2*4-8H,1-3H3;4-7H,1-3H3. The SMILES string of the molecule is CC(C)(C)c1ccccc1.CC(C)(C)c1ccccc1.CC(C)(C)c1ccccc1F.CC(C)(C)c1cccnc1.Cc1ccc(C(C)(C)C)cc1.Cc1cccc(C(C)(C)C)c1.Cc1cccc(C(C)(C)C)c1.Cc1ccccc1C(C)(C)C. The molecule has 1 nitrogen and oxygen atoms in total. The Morgan fingerprint density at radius 2 is 0.553 bits per heavy atom. The van der Waals surface area contributed by atoms with E-state index in [1.54, 1.807) is 12.3 Å². The highest BCUT2D eigenvalue weighted by molar-refractivity contribution is 5.33. The first-order valence-corrected chi connectivity index (χ1v) is 30.9. The average molecular weight is 1150 g/mol. The highest BCUT2D eigenvalue weighted by Gasteiger charge is 2.19. The van der Waals surface area contributed by atoms with E-state index in [-0.39, 0.29) is 38.3 Å². The molecule has 8 rings (SSSR count). The van der Waals surface area contributed by atoms with Gasteiger partial charge in [-0.25, -0.2) is 4.39 Å². The zero-order chi connectivity index (χ0) is 65.3. The van der Waals surface area contributed by atoms with Crippen LogP contribution in [0.4, 0.5) is 4.39 Å². The summed E-state index contributed by atoms with van der Waals surface area (Å²) in [7, 11) is 0. The molecule has 0 bridgehead atoms. The number of rotatable bonds is 0. The zero-order valence-electron chi connectivity index (χ0n) is 59.0. The summed E-state index contributed by atoms with van der Waals surface area (Å²) in [6, 6.07) is 66.8. The molecule has 8 aromatic rings. The van der Waals surface area contributed by atoms with E-state index in [2.05, 4.69) is 342 Å². The summed E-state index contributed by atoms with van der Waals surface area (Å²) < 4.78 is 13.1. The van der Waals surface area contributed by atoms with Crippen molar-refractivity contribution in [3.63, 3.8) is 0 Å². The number of nitrogens with zero attached hydrogens (tertiary/aromatic N) is 1. The molecule has 0 amide bonds. The number of aryl methyl sites for hydroxylation is 4. The van der Waals surface area contributed by atoms with Crippen LogP contribution in [0.1, 0.15) is 233 Å². The van der Waals surface area contributed by atoms with Crippen molar-refractivity contribution < 1.29 is 4.39 Å². The zero-order valence-corrected chi connectivity index (χ0v) is 59.0. The third-order valence-electron chi connectivity index (χ3n) is 14.1. The second-order valence-electron chi connectivity index (χ2n) is 30.9. The maximum atomic E-state index is 13.1. The average Bonchev–Trinajstić information content (AvgIpc) is 3.57. The summed E-state index contributed by atoms with van der Waals surface area (Å²) in [4.78, 5) is 4.05. The van der Waals surface area contributed by atoms with Crippen LogP contribution in [0.3, 0.4) is 0 Å². The fourth-order valence-electron chi connectivity index (χ4n) is 8.44. The van der Waals surface area contributed by atoms with Crippen LogP contribution in [0.2, 0.25) is 0 Å². The number of pyridine rings is 1. The van der Waals surface area contributed by atoms with Crippen LogP contribution in [-0.2, 0) is 43.3 Å². The van der Waals surface area contributed by atoms with Crippen LogP contribution < -0.4 is 0 Å². The minimum atomic E-state index is -0.111. The van der Waals surface area contributed by atoms with Gasteiger partial charge in [-0.15, -0.1) is 0 Å². The van der Waals surface area contributed by atoms with Crippen LogP contribution in [-0.4, -0.2) is 4.98 Å². The van der Waals surface area contributed by atoms with Gasteiger partial charge in [0.25, 0.3) is 0 Å².